The number of nitro groups is 1. The van der Waals surface area contributed by atoms with Gasteiger partial charge in [0.25, 0.3) is 15.7 Å². The molecule has 2 unspecified atom stereocenters. The number of rotatable bonds is 14. The number of nitro benzene ring substituents is 1. The van der Waals surface area contributed by atoms with Gasteiger partial charge in [0.1, 0.15) is 12.6 Å². The Morgan fingerprint density at radius 1 is 0.872 bits per heavy atom. The highest BCUT2D eigenvalue weighted by atomic mass is 35.5. The molecule has 1 N–H and O–H groups in total. The molecule has 4 aromatic carbocycles. The van der Waals surface area contributed by atoms with Crippen LogP contribution in [0.4, 0.5) is 11.4 Å². The Balaban J connectivity index is 1.83. The van der Waals surface area contributed by atoms with Gasteiger partial charge in [-0.25, -0.2) is 8.42 Å². The maximum absolute atomic E-state index is 14.5. The van der Waals surface area contributed by atoms with Gasteiger partial charge in [0, 0.05) is 31.1 Å². The average Bonchev–Trinajstić information content (AvgIpc) is 3.07. The first kappa shape index (κ1) is 35.4. The van der Waals surface area contributed by atoms with E-state index in [4.69, 9.17) is 23.2 Å². The number of carbonyl (C=O) groups is 2. The zero-order valence-corrected chi connectivity index (χ0v) is 28.1. The lowest BCUT2D eigenvalue weighted by molar-refractivity contribution is -0.384. The lowest BCUT2D eigenvalue weighted by atomic mass is 10.0. The van der Waals surface area contributed by atoms with Crippen molar-refractivity contribution in [3.63, 3.8) is 0 Å². The predicted molar refractivity (Wildman–Crippen MR) is 183 cm³/mol. The fourth-order valence-electron chi connectivity index (χ4n) is 4.82. The number of benzene rings is 4. The van der Waals surface area contributed by atoms with Gasteiger partial charge in [0.15, 0.2) is 0 Å². The Bertz CT molecular complexity index is 1810. The first-order chi connectivity index (χ1) is 22.4. The van der Waals surface area contributed by atoms with E-state index in [0.717, 1.165) is 9.87 Å². The molecule has 10 nitrogen and oxygen atoms in total. The lowest BCUT2D eigenvalue weighted by Gasteiger charge is -2.34. The minimum Gasteiger partial charge on any atom is -0.352 e. The van der Waals surface area contributed by atoms with Gasteiger partial charge in [-0.3, -0.25) is 24.0 Å². The second-order valence-electron chi connectivity index (χ2n) is 10.9. The smallest absolute Gasteiger partial charge is 0.269 e. The van der Waals surface area contributed by atoms with E-state index in [2.05, 4.69) is 5.32 Å². The topological polar surface area (TPSA) is 130 Å². The number of hydrogen-bond donors (Lipinski definition) is 1. The second-order valence-corrected chi connectivity index (χ2v) is 13.6. The molecule has 4 rings (SSSR count). The van der Waals surface area contributed by atoms with E-state index in [1.54, 1.807) is 36.4 Å². The molecule has 0 aliphatic heterocycles. The van der Waals surface area contributed by atoms with Crippen molar-refractivity contribution in [3.05, 3.63) is 134 Å². The number of anilines is 1. The molecular formula is C34H34Cl2N4O6S. The van der Waals surface area contributed by atoms with Crippen LogP contribution in [0.15, 0.2) is 108 Å². The molecule has 0 saturated heterocycles. The van der Waals surface area contributed by atoms with E-state index in [0.29, 0.717) is 17.0 Å². The highest BCUT2D eigenvalue weighted by Crippen LogP contribution is 2.28. The average molecular weight is 698 g/mol. The van der Waals surface area contributed by atoms with Crippen molar-refractivity contribution in [2.75, 3.05) is 10.8 Å². The summed E-state index contributed by atoms with van der Waals surface area (Å²) in [5, 5.41) is 14.9. The molecule has 0 saturated carbocycles. The minimum atomic E-state index is -4.35. The summed E-state index contributed by atoms with van der Waals surface area (Å²) >= 11 is 12.5. The minimum absolute atomic E-state index is 0.0333. The van der Waals surface area contributed by atoms with Crippen LogP contribution in [0.5, 0.6) is 0 Å². The van der Waals surface area contributed by atoms with Crippen molar-refractivity contribution in [2.24, 2.45) is 0 Å². The van der Waals surface area contributed by atoms with E-state index in [1.165, 1.54) is 41.3 Å². The van der Waals surface area contributed by atoms with E-state index in [9.17, 15) is 28.1 Å². The molecule has 0 bridgehead atoms. The third-order valence-electron chi connectivity index (χ3n) is 7.57. The standard InChI is InChI=1S/C34H34Cl2N4O6S/c1-3-24(2)37-34(42)32(21-25-10-6-4-7-11-25)38(22-26-14-19-30(35)31(36)20-26)33(41)23-39(27-15-17-28(18-16-27)40(43)44)47(45,46)29-12-8-5-9-13-29/h4-20,24,32H,3,21-23H2,1-2H3,(H,37,42). The normalized spacial score (nSPS) is 12.5. The summed E-state index contributed by atoms with van der Waals surface area (Å²) in [4.78, 5) is 40.4. The Kier molecular flexibility index (Phi) is 12.0. The molecule has 2 amide bonds. The maximum Gasteiger partial charge on any atom is 0.269 e. The third-order valence-corrected chi connectivity index (χ3v) is 10.1. The summed E-state index contributed by atoms with van der Waals surface area (Å²) in [5.74, 6) is -1.10. The summed E-state index contributed by atoms with van der Waals surface area (Å²) in [5.41, 5.74) is 1.14. The van der Waals surface area contributed by atoms with Crippen LogP contribution >= 0.6 is 23.2 Å². The molecule has 4 aromatic rings. The number of non-ortho nitro benzene ring substituents is 1. The van der Waals surface area contributed by atoms with Gasteiger partial charge >= 0.3 is 0 Å². The number of nitrogens with one attached hydrogen (secondary N) is 1. The largest absolute Gasteiger partial charge is 0.352 e. The van der Waals surface area contributed by atoms with Crippen molar-refractivity contribution in [1.29, 1.82) is 0 Å². The van der Waals surface area contributed by atoms with Crippen molar-refractivity contribution in [1.82, 2.24) is 10.2 Å². The van der Waals surface area contributed by atoms with E-state index in [1.807, 2.05) is 44.2 Å². The van der Waals surface area contributed by atoms with Crippen LogP contribution in [-0.4, -0.2) is 48.7 Å². The van der Waals surface area contributed by atoms with Gasteiger partial charge < -0.3 is 10.2 Å². The molecule has 0 spiro atoms. The number of amides is 2. The van der Waals surface area contributed by atoms with Gasteiger partial charge in [-0.05, 0) is 60.9 Å². The van der Waals surface area contributed by atoms with Crippen molar-refractivity contribution < 1.29 is 22.9 Å². The quantitative estimate of drug-likeness (QED) is 0.116. The molecule has 47 heavy (non-hydrogen) atoms. The molecule has 0 radical (unpaired) electrons. The maximum atomic E-state index is 14.5. The number of sulfonamides is 1. The van der Waals surface area contributed by atoms with Gasteiger partial charge in [-0.2, -0.15) is 0 Å². The summed E-state index contributed by atoms with van der Waals surface area (Å²) in [7, 11) is -4.35. The number of nitrogens with zero attached hydrogens (tertiary/aromatic N) is 3. The van der Waals surface area contributed by atoms with Crippen LogP contribution in [-0.2, 0) is 32.6 Å². The van der Waals surface area contributed by atoms with Crippen molar-refractivity contribution in [3.8, 4) is 0 Å². The molecule has 246 valence electrons. The van der Waals surface area contributed by atoms with Gasteiger partial charge in [0.2, 0.25) is 11.8 Å². The Labute approximate surface area is 284 Å². The van der Waals surface area contributed by atoms with Crippen LogP contribution < -0.4 is 9.62 Å². The van der Waals surface area contributed by atoms with Crippen LogP contribution in [0.25, 0.3) is 0 Å². The second kappa shape index (κ2) is 15.9. The summed E-state index contributed by atoms with van der Waals surface area (Å²) in [6, 6.07) is 25.2. The molecule has 0 aromatic heterocycles. The zero-order chi connectivity index (χ0) is 34.1. The fraction of sp³-hybridized carbons (Fsp3) is 0.235. The summed E-state index contributed by atoms with van der Waals surface area (Å²) < 4.78 is 29.0. The predicted octanol–water partition coefficient (Wildman–Crippen LogP) is 6.65. The molecule has 0 aliphatic rings. The molecule has 2 atom stereocenters. The molecule has 0 heterocycles. The first-order valence-electron chi connectivity index (χ1n) is 14.8. The molecule has 0 fully saturated rings. The highest BCUT2D eigenvalue weighted by Gasteiger charge is 2.35. The van der Waals surface area contributed by atoms with Gasteiger partial charge in [-0.1, -0.05) is 84.7 Å². The summed E-state index contributed by atoms with van der Waals surface area (Å²) in [6.45, 7) is 2.97. The Morgan fingerprint density at radius 2 is 1.49 bits per heavy atom. The Hall–Kier alpha value is -4.45. The molecule has 13 heteroatoms. The number of hydrogen-bond acceptors (Lipinski definition) is 6. The highest BCUT2D eigenvalue weighted by molar-refractivity contribution is 7.92. The van der Waals surface area contributed by atoms with E-state index < -0.39 is 39.3 Å². The first-order valence-corrected chi connectivity index (χ1v) is 17.0. The van der Waals surface area contributed by atoms with Crippen molar-refractivity contribution >= 4 is 56.4 Å². The van der Waals surface area contributed by atoms with E-state index >= 15 is 0 Å². The van der Waals surface area contributed by atoms with Crippen LogP contribution in [0.3, 0.4) is 0 Å². The van der Waals surface area contributed by atoms with Gasteiger partial charge in [-0.15, -0.1) is 0 Å². The third kappa shape index (κ3) is 9.09. The zero-order valence-electron chi connectivity index (χ0n) is 25.8. The fourth-order valence-corrected chi connectivity index (χ4v) is 6.57. The van der Waals surface area contributed by atoms with Crippen LogP contribution in [0, 0.1) is 10.1 Å². The van der Waals surface area contributed by atoms with Crippen molar-refractivity contribution in [2.45, 2.75) is 50.2 Å². The molecular weight excluding hydrogens is 663 g/mol. The Morgan fingerprint density at radius 3 is 2.06 bits per heavy atom. The number of halogens is 2. The molecule has 0 aliphatic carbocycles. The van der Waals surface area contributed by atoms with Crippen LogP contribution in [0.2, 0.25) is 10.0 Å². The van der Waals surface area contributed by atoms with Gasteiger partial charge in [0.05, 0.1) is 25.6 Å². The SMILES string of the molecule is CCC(C)NC(=O)C(Cc1ccccc1)N(Cc1ccc(Cl)c(Cl)c1)C(=O)CN(c1ccc([N+](=O)[O-])cc1)S(=O)(=O)c1ccccc1. The van der Waals surface area contributed by atoms with Crippen LogP contribution in [0.1, 0.15) is 31.4 Å². The summed E-state index contributed by atoms with van der Waals surface area (Å²) in [6.07, 6.45) is 0.785. The number of carbonyl (C=O) groups excluding carboxylic acids is 2. The lowest BCUT2D eigenvalue weighted by Crippen LogP contribution is -2.54. The monoisotopic (exact) mass is 696 g/mol. The van der Waals surface area contributed by atoms with E-state index in [-0.39, 0.29) is 40.3 Å².